The molecule has 122 valence electrons. The molecular formula is C17H19NO5. The van der Waals surface area contributed by atoms with Gasteiger partial charge in [-0.3, -0.25) is 4.79 Å². The van der Waals surface area contributed by atoms with E-state index < -0.39 is 11.4 Å². The molecule has 1 aromatic heterocycles. The molecule has 0 aliphatic heterocycles. The van der Waals surface area contributed by atoms with Gasteiger partial charge in [-0.2, -0.15) is 0 Å². The van der Waals surface area contributed by atoms with Crippen molar-refractivity contribution < 1.29 is 19.7 Å². The van der Waals surface area contributed by atoms with Gasteiger partial charge in [0.2, 0.25) is 5.43 Å². The minimum absolute atomic E-state index is 0.0155. The average Bonchev–Trinajstić information content (AvgIpc) is 2.55. The molecule has 6 heteroatoms. The summed E-state index contributed by atoms with van der Waals surface area (Å²) in [6.45, 7) is 0.679. The standard InChI is InChI=1S/C17H19NO5/c19-10-6-2-5-9-18-11-14(17(21)22)16(20)15(12-18)23-13-7-3-1-4-8-13/h1,3-4,7-8,11-12,19H,2,5-6,9-10H2,(H,21,22). The number of rotatable bonds is 8. The number of aryl methyl sites for hydroxylation is 1. The molecule has 0 unspecified atom stereocenters. The van der Waals surface area contributed by atoms with E-state index in [1.54, 1.807) is 28.8 Å². The normalized spacial score (nSPS) is 10.5. The third-order valence-electron chi connectivity index (χ3n) is 3.32. The zero-order valence-corrected chi connectivity index (χ0v) is 12.6. The van der Waals surface area contributed by atoms with E-state index in [2.05, 4.69) is 0 Å². The van der Waals surface area contributed by atoms with Crippen LogP contribution in [0.15, 0.2) is 47.5 Å². The number of benzene rings is 1. The van der Waals surface area contributed by atoms with Gasteiger partial charge < -0.3 is 19.5 Å². The van der Waals surface area contributed by atoms with Crippen molar-refractivity contribution in [2.45, 2.75) is 25.8 Å². The van der Waals surface area contributed by atoms with Gasteiger partial charge in [0.15, 0.2) is 5.75 Å². The Balaban J connectivity index is 2.26. The maximum absolute atomic E-state index is 12.2. The van der Waals surface area contributed by atoms with Crippen molar-refractivity contribution >= 4 is 5.97 Å². The lowest BCUT2D eigenvalue weighted by molar-refractivity contribution is 0.0694. The van der Waals surface area contributed by atoms with E-state index in [-0.39, 0.29) is 17.9 Å². The second-order valence-corrected chi connectivity index (χ2v) is 5.11. The predicted molar refractivity (Wildman–Crippen MR) is 85.1 cm³/mol. The number of nitrogens with zero attached hydrogens (tertiary/aromatic N) is 1. The number of hydrogen-bond acceptors (Lipinski definition) is 4. The molecule has 0 saturated carbocycles. The average molecular weight is 317 g/mol. The number of carbonyl (C=O) groups is 1. The lowest BCUT2D eigenvalue weighted by Gasteiger charge is -2.11. The van der Waals surface area contributed by atoms with Crippen LogP contribution in [0.4, 0.5) is 0 Å². The Morgan fingerprint density at radius 2 is 1.83 bits per heavy atom. The molecule has 1 heterocycles. The highest BCUT2D eigenvalue weighted by Gasteiger charge is 2.15. The summed E-state index contributed by atoms with van der Waals surface area (Å²) in [6.07, 6.45) is 5.12. The van der Waals surface area contributed by atoms with E-state index in [9.17, 15) is 14.7 Å². The summed E-state index contributed by atoms with van der Waals surface area (Å²) in [6, 6.07) is 8.74. The Kier molecular flexibility index (Phi) is 5.94. The zero-order valence-electron chi connectivity index (χ0n) is 12.6. The van der Waals surface area contributed by atoms with E-state index in [1.807, 2.05) is 6.07 Å². The molecule has 0 radical (unpaired) electrons. The van der Waals surface area contributed by atoms with Gasteiger partial charge in [-0.25, -0.2) is 4.79 Å². The van der Waals surface area contributed by atoms with Gasteiger partial charge in [0, 0.05) is 19.3 Å². The van der Waals surface area contributed by atoms with Gasteiger partial charge in [-0.1, -0.05) is 18.2 Å². The molecular weight excluding hydrogens is 298 g/mol. The van der Waals surface area contributed by atoms with Crippen molar-refractivity contribution in [2.75, 3.05) is 6.61 Å². The van der Waals surface area contributed by atoms with Gasteiger partial charge >= 0.3 is 5.97 Å². The number of aromatic carboxylic acids is 1. The second-order valence-electron chi connectivity index (χ2n) is 5.11. The molecule has 0 bridgehead atoms. The zero-order chi connectivity index (χ0) is 16.7. The van der Waals surface area contributed by atoms with Gasteiger partial charge in [0.1, 0.15) is 11.3 Å². The van der Waals surface area contributed by atoms with Gasteiger partial charge in [-0.05, 0) is 31.4 Å². The second kappa shape index (κ2) is 8.14. The van der Waals surface area contributed by atoms with Gasteiger partial charge in [0.05, 0.1) is 6.20 Å². The largest absolute Gasteiger partial charge is 0.477 e. The minimum Gasteiger partial charge on any atom is -0.477 e. The fourth-order valence-corrected chi connectivity index (χ4v) is 2.16. The molecule has 23 heavy (non-hydrogen) atoms. The monoisotopic (exact) mass is 317 g/mol. The first-order valence-electron chi connectivity index (χ1n) is 7.43. The van der Waals surface area contributed by atoms with Crippen LogP contribution < -0.4 is 10.2 Å². The van der Waals surface area contributed by atoms with Crippen molar-refractivity contribution in [1.82, 2.24) is 4.57 Å². The Morgan fingerprint density at radius 1 is 1.09 bits per heavy atom. The summed E-state index contributed by atoms with van der Waals surface area (Å²) >= 11 is 0. The number of aromatic nitrogens is 1. The smallest absolute Gasteiger partial charge is 0.341 e. The minimum atomic E-state index is -1.28. The number of carboxylic acid groups (broad SMARTS) is 1. The van der Waals surface area contributed by atoms with Crippen LogP contribution in [-0.2, 0) is 6.54 Å². The number of aliphatic hydroxyl groups is 1. The van der Waals surface area contributed by atoms with E-state index >= 15 is 0 Å². The van der Waals surface area contributed by atoms with Crippen LogP contribution in [-0.4, -0.2) is 27.4 Å². The molecule has 1 aromatic carbocycles. The summed E-state index contributed by atoms with van der Waals surface area (Å²) < 4.78 is 7.17. The first-order valence-corrected chi connectivity index (χ1v) is 7.43. The first kappa shape index (κ1) is 16.8. The van der Waals surface area contributed by atoms with E-state index in [0.29, 0.717) is 18.7 Å². The summed E-state index contributed by atoms with van der Waals surface area (Å²) in [7, 11) is 0. The summed E-state index contributed by atoms with van der Waals surface area (Å²) in [5.74, 6) is -0.824. The molecule has 2 aromatic rings. The van der Waals surface area contributed by atoms with Crippen LogP contribution in [0, 0.1) is 0 Å². The highest BCUT2D eigenvalue weighted by Crippen LogP contribution is 2.18. The maximum atomic E-state index is 12.2. The van der Waals surface area contributed by atoms with Crippen LogP contribution in [0.5, 0.6) is 11.5 Å². The number of ether oxygens (including phenoxy) is 1. The van der Waals surface area contributed by atoms with Crippen LogP contribution >= 0.6 is 0 Å². The van der Waals surface area contributed by atoms with Gasteiger partial charge in [-0.15, -0.1) is 0 Å². The van der Waals surface area contributed by atoms with Crippen molar-refractivity contribution in [1.29, 1.82) is 0 Å². The highest BCUT2D eigenvalue weighted by atomic mass is 16.5. The Bertz CT molecular complexity index is 709. The van der Waals surface area contributed by atoms with Crippen molar-refractivity contribution in [3.05, 3.63) is 58.5 Å². The molecule has 2 rings (SSSR count). The van der Waals surface area contributed by atoms with E-state index in [1.165, 1.54) is 12.4 Å². The molecule has 2 N–H and O–H groups in total. The van der Waals surface area contributed by atoms with Crippen LogP contribution in [0.1, 0.15) is 29.6 Å². The Hall–Kier alpha value is -2.60. The number of carboxylic acids is 1. The number of unbranched alkanes of at least 4 members (excludes halogenated alkanes) is 2. The molecule has 0 fully saturated rings. The fourth-order valence-electron chi connectivity index (χ4n) is 2.16. The topological polar surface area (TPSA) is 88.8 Å². The molecule has 6 nitrogen and oxygen atoms in total. The molecule has 0 amide bonds. The van der Waals surface area contributed by atoms with Crippen molar-refractivity contribution in [2.24, 2.45) is 0 Å². The third-order valence-corrected chi connectivity index (χ3v) is 3.32. The fraction of sp³-hybridized carbons (Fsp3) is 0.294. The number of hydrogen-bond donors (Lipinski definition) is 2. The van der Waals surface area contributed by atoms with E-state index in [4.69, 9.17) is 9.84 Å². The molecule has 0 spiro atoms. The molecule has 0 atom stereocenters. The van der Waals surface area contributed by atoms with Crippen LogP contribution in [0.25, 0.3) is 0 Å². The van der Waals surface area contributed by atoms with Crippen molar-refractivity contribution in [3.63, 3.8) is 0 Å². The Labute approximate surface area is 133 Å². The SMILES string of the molecule is O=C(O)c1cn(CCCCCO)cc(Oc2ccccc2)c1=O. The third kappa shape index (κ3) is 4.69. The number of pyridine rings is 1. The lowest BCUT2D eigenvalue weighted by atomic mass is 10.2. The van der Waals surface area contributed by atoms with E-state index in [0.717, 1.165) is 12.8 Å². The molecule has 0 aliphatic rings. The predicted octanol–water partition coefficient (Wildman–Crippen LogP) is 2.50. The van der Waals surface area contributed by atoms with Gasteiger partial charge in [0.25, 0.3) is 0 Å². The summed E-state index contributed by atoms with van der Waals surface area (Å²) in [5.41, 5.74) is -0.964. The molecule has 0 saturated heterocycles. The Morgan fingerprint density at radius 3 is 2.48 bits per heavy atom. The molecule has 0 aliphatic carbocycles. The number of para-hydroxylation sites is 1. The highest BCUT2D eigenvalue weighted by molar-refractivity contribution is 5.87. The first-order chi connectivity index (χ1) is 11.1. The maximum Gasteiger partial charge on any atom is 0.341 e. The lowest BCUT2D eigenvalue weighted by Crippen LogP contribution is -2.19. The quantitative estimate of drug-likeness (QED) is 0.730. The summed E-state index contributed by atoms with van der Waals surface area (Å²) in [5, 5.41) is 18.0. The number of aliphatic hydroxyl groups excluding tert-OH is 1. The van der Waals surface area contributed by atoms with Crippen molar-refractivity contribution in [3.8, 4) is 11.5 Å². The van der Waals surface area contributed by atoms with Crippen LogP contribution in [0.2, 0.25) is 0 Å². The summed E-state index contributed by atoms with van der Waals surface area (Å²) in [4.78, 5) is 23.4. The van der Waals surface area contributed by atoms with Crippen LogP contribution in [0.3, 0.4) is 0 Å².